The Morgan fingerprint density at radius 2 is 2.37 bits per heavy atom. The van der Waals surface area contributed by atoms with E-state index in [1.807, 2.05) is 36.6 Å². The maximum Gasteiger partial charge on any atom is 0.305 e. The number of aromatic nitrogens is 1. The quantitative estimate of drug-likeness (QED) is 0.851. The molecule has 1 unspecified atom stereocenters. The average Bonchev–Trinajstić information content (AvgIpc) is 2.87. The fourth-order valence-corrected chi connectivity index (χ4v) is 2.46. The van der Waals surface area contributed by atoms with Gasteiger partial charge in [-0.05, 0) is 29.6 Å². The molecule has 100 valence electrons. The van der Waals surface area contributed by atoms with Crippen molar-refractivity contribution in [3.63, 3.8) is 0 Å². The van der Waals surface area contributed by atoms with Crippen LogP contribution in [-0.4, -0.2) is 15.4 Å². The van der Waals surface area contributed by atoms with E-state index < -0.39 is 5.97 Å². The van der Waals surface area contributed by atoms with E-state index in [1.54, 1.807) is 6.20 Å². The van der Waals surface area contributed by atoms with Crippen molar-refractivity contribution in [1.29, 1.82) is 0 Å². The lowest BCUT2D eigenvalue weighted by molar-refractivity contribution is -0.137. The molecule has 1 atom stereocenters. The third kappa shape index (κ3) is 4.15. The van der Waals surface area contributed by atoms with E-state index in [0.29, 0.717) is 6.54 Å². The molecule has 2 aromatic rings. The van der Waals surface area contributed by atoms with Crippen LogP contribution in [0.15, 0.2) is 35.8 Å². The molecule has 2 rings (SSSR count). The third-order valence-electron chi connectivity index (χ3n) is 2.86. The number of nitrogens with one attached hydrogen (secondary N) is 1. The number of benzene rings is 1. The van der Waals surface area contributed by atoms with Crippen LogP contribution in [0.5, 0.6) is 0 Å². The summed E-state index contributed by atoms with van der Waals surface area (Å²) in [5.74, 6) is -0.803. The molecule has 0 bridgehead atoms. The Kier molecular flexibility index (Phi) is 4.65. The summed E-state index contributed by atoms with van der Waals surface area (Å²) in [4.78, 5) is 11.0. The molecule has 1 heterocycles. The highest BCUT2D eigenvalue weighted by Gasteiger charge is 2.15. The lowest BCUT2D eigenvalue weighted by Gasteiger charge is -2.17. The van der Waals surface area contributed by atoms with E-state index in [2.05, 4.69) is 9.69 Å². The zero-order valence-electron chi connectivity index (χ0n) is 10.7. The van der Waals surface area contributed by atoms with Crippen molar-refractivity contribution >= 4 is 17.5 Å². The van der Waals surface area contributed by atoms with Gasteiger partial charge in [-0.1, -0.05) is 29.8 Å². The largest absolute Gasteiger partial charge is 0.481 e. The van der Waals surface area contributed by atoms with Gasteiger partial charge in [0, 0.05) is 24.2 Å². The first-order chi connectivity index (χ1) is 9.15. The smallest absolute Gasteiger partial charge is 0.305 e. The molecule has 0 saturated heterocycles. The van der Waals surface area contributed by atoms with Crippen molar-refractivity contribution in [1.82, 2.24) is 9.69 Å². The van der Waals surface area contributed by atoms with Crippen LogP contribution in [0, 0.1) is 6.92 Å². The van der Waals surface area contributed by atoms with Gasteiger partial charge < -0.3 is 10.4 Å². The van der Waals surface area contributed by atoms with Gasteiger partial charge in [-0.25, -0.2) is 4.37 Å². The topological polar surface area (TPSA) is 62.2 Å². The first-order valence-corrected chi connectivity index (χ1v) is 6.89. The van der Waals surface area contributed by atoms with Gasteiger partial charge in [0.15, 0.2) is 0 Å². The van der Waals surface area contributed by atoms with E-state index >= 15 is 0 Å². The lowest BCUT2D eigenvalue weighted by Crippen LogP contribution is -2.23. The number of nitrogens with zero attached hydrogens (tertiary/aromatic N) is 1. The van der Waals surface area contributed by atoms with Crippen molar-refractivity contribution in [2.24, 2.45) is 0 Å². The molecule has 0 aliphatic heterocycles. The number of aliphatic carboxylic acids is 1. The molecule has 0 aliphatic carbocycles. The molecule has 4 nitrogen and oxygen atoms in total. The number of hydrogen-bond acceptors (Lipinski definition) is 4. The molecule has 1 aromatic heterocycles. The minimum atomic E-state index is -0.803. The second-order valence-corrected chi connectivity index (χ2v) is 5.14. The maximum absolute atomic E-state index is 11.0. The Morgan fingerprint density at radius 3 is 3.00 bits per heavy atom. The summed E-state index contributed by atoms with van der Waals surface area (Å²) in [5.41, 5.74) is 3.21. The number of rotatable bonds is 6. The highest BCUT2D eigenvalue weighted by molar-refractivity contribution is 7.03. The normalized spacial score (nSPS) is 12.3. The summed E-state index contributed by atoms with van der Waals surface area (Å²) >= 11 is 1.40. The van der Waals surface area contributed by atoms with Gasteiger partial charge in [0.2, 0.25) is 0 Å². The number of carboxylic acids is 1. The standard InChI is InChI=1S/C14H16N2O2S/c1-10-3-2-4-12(5-10)13(6-14(17)18)15-7-11-8-16-19-9-11/h2-5,8-9,13,15H,6-7H2,1H3,(H,17,18). The SMILES string of the molecule is Cc1cccc(C(CC(=O)O)NCc2cnsc2)c1. The van der Waals surface area contributed by atoms with Gasteiger partial charge >= 0.3 is 5.97 Å². The Labute approximate surface area is 116 Å². The summed E-state index contributed by atoms with van der Waals surface area (Å²) in [6.07, 6.45) is 1.87. The van der Waals surface area contributed by atoms with E-state index in [0.717, 1.165) is 16.7 Å². The number of aryl methyl sites for hydroxylation is 1. The minimum absolute atomic E-state index is 0.0705. The van der Waals surface area contributed by atoms with Crippen LogP contribution in [-0.2, 0) is 11.3 Å². The average molecular weight is 276 g/mol. The van der Waals surface area contributed by atoms with Gasteiger partial charge in [0.25, 0.3) is 0 Å². The Balaban J connectivity index is 2.09. The predicted octanol–water partition coefficient (Wildman–Crippen LogP) is 2.76. The summed E-state index contributed by atoms with van der Waals surface area (Å²) in [5, 5.41) is 14.3. The first-order valence-electron chi connectivity index (χ1n) is 6.05. The van der Waals surface area contributed by atoms with E-state index in [9.17, 15) is 4.79 Å². The van der Waals surface area contributed by atoms with Gasteiger partial charge in [0.05, 0.1) is 6.42 Å². The fraction of sp³-hybridized carbons (Fsp3) is 0.286. The summed E-state index contributed by atoms with van der Waals surface area (Å²) < 4.78 is 4.03. The van der Waals surface area contributed by atoms with Crippen LogP contribution >= 0.6 is 11.5 Å². The molecule has 0 spiro atoms. The highest BCUT2D eigenvalue weighted by atomic mass is 32.1. The van der Waals surface area contributed by atoms with Crippen LogP contribution in [0.3, 0.4) is 0 Å². The zero-order chi connectivity index (χ0) is 13.7. The maximum atomic E-state index is 11.0. The van der Waals surface area contributed by atoms with E-state index in [-0.39, 0.29) is 12.5 Å². The van der Waals surface area contributed by atoms with Crippen LogP contribution in [0.1, 0.15) is 29.2 Å². The second kappa shape index (κ2) is 6.45. The van der Waals surface area contributed by atoms with Crippen molar-refractivity contribution in [3.8, 4) is 0 Å². The molecule has 0 saturated carbocycles. The van der Waals surface area contributed by atoms with Gasteiger partial charge in [0.1, 0.15) is 0 Å². The molecule has 0 radical (unpaired) electrons. The van der Waals surface area contributed by atoms with Gasteiger partial charge in [-0.2, -0.15) is 0 Å². The van der Waals surface area contributed by atoms with Gasteiger partial charge in [-0.15, -0.1) is 0 Å². The summed E-state index contributed by atoms with van der Waals surface area (Å²) in [6.45, 7) is 2.63. The summed E-state index contributed by atoms with van der Waals surface area (Å²) in [7, 11) is 0. The van der Waals surface area contributed by atoms with Crippen molar-refractivity contribution in [2.45, 2.75) is 25.9 Å². The van der Waals surface area contributed by atoms with Crippen LogP contribution in [0.4, 0.5) is 0 Å². The molecule has 2 N–H and O–H groups in total. The predicted molar refractivity (Wildman–Crippen MR) is 75.1 cm³/mol. The summed E-state index contributed by atoms with van der Waals surface area (Å²) in [6, 6.07) is 7.75. The third-order valence-corrected chi connectivity index (χ3v) is 3.49. The Morgan fingerprint density at radius 1 is 1.53 bits per heavy atom. The number of hydrogen-bond donors (Lipinski definition) is 2. The molecular formula is C14H16N2O2S. The zero-order valence-corrected chi connectivity index (χ0v) is 11.5. The Hall–Kier alpha value is -1.72. The second-order valence-electron chi connectivity index (χ2n) is 4.48. The minimum Gasteiger partial charge on any atom is -0.481 e. The molecule has 1 aromatic carbocycles. The highest BCUT2D eigenvalue weighted by Crippen LogP contribution is 2.19. The number of carbonyl (C=O) groups is 1. The van der Waals surface area contributed by atoms with E-state index in [4.69, 9.17) is 5.11 Å². The van der Waals surface area contributed by atoms with Crippen molar-refractivity contribution in [3.05, 3.63) is 52.5 Å². The van der Waals surface area contributed by atoms with Crippen molar-refractivity contribution < 1.29 is 9.90 Å². The van der Waals surface area contributed by atoms with E-state index in [1.165, 1.54) is 11.5 Å². The molecule has 0 fully saturated rings. The molecule has 19 heavy (non-hydrogen) atoms. The Bertz CT molecular complexity index is 540. The monoisotopic (exact) mass is 276 g/mol. The fourth-order valence-electron chi connectivity index (χ4n) is 1.92. The van der Waals surface area contributed by atoms with Crippen molar-refractivity contribution in [2.75, 3.05) is 0 Å². The lowest BCUT2D eigenvalue weighted by atomic mass is 10.0. The molecular weight excluding hydrogens is 260 g/mol. The number of carboxylic acid groups (broad SMARTS) is 1. The van der Waals surface area contributed by atoms with Crippen LogP contribution in [0.25, 0.3) is 0 Å². The van der Waals surface area contributed by atoms with Crippen LogP contribution < -0.4 is 5.32 Å². The first kappa shape index (κ1) is 13.7. The molecule has 0 aliphatic rings. The van der Waals surface area contributed by atoms with Crippen LogP contribution in [0.2, 0.25) is 0 Å². The molecule has 0 amide bonds. The molecule has 5 heteroatoms. The van der Waals surface area contributed by atoms with Gasteiger partial charge in [-0.3, -0.25) is 4.79 Å².